The zero-order chi connectivity index (χ0) is 18.7. The lowest BCUT2D eigenvalue weighted by Crippen LogP contribution is -2.25. The molecule has 2 heterocycles. The van der Waals surface area contributed by atoms with E-state index in [4.69, 9.17) is 0 Å². The van der Waals surface area contributed by atoms with Crippen LogP contribution < -0.4 is 0 Å². The van der Waals surface area contributed by atoms with Gasteiger partial charge in [0.2, 0.25) is 0 Å². The van der Waals surface area contributed by atoms with Crippen molar-refractivity contribution in [2.45, 2.75) is 39.8 Å². The first-order valence-corrected chi connectivity index (χ1v) is 9.53. The summed E-state index contributed by atoms with van der Waals surface area (Å²) in [6.07, 6.45) is 3.82. The van der Waals surface area contributed by atoms with Gasteiger partial charge in [-0.25, -0.2) is 4.98 Å². The van der Waals surface area contributed by atoms with E-state index in [9.17, 15) is 4.79 Å². The SMILES string of the molecule is Cc1nc(C(C)C)sc1C(=O)N(C)Cc1cnn(Cc2ccccc2)c1. The van der Waals surface area contributed by atoms with Gasteiger partial charge >= 0.3 is 0 Å². The molecule has 0 fully saturated rings. The molecule has 2 aromatic heterocycles. The van der Waals surface area contributed by atoms with Gasteiger partial charge in [-0.2, -0.15) is 5.10 Å². The number of nitrogens with zero attached hydrogens (tertiary/aromatic N) is 4. The Bertz CT molecular complexity index is 882. The molecule has 26 heavy (non-hydrogen) atoms. The third kappa shape index (κ3) is 4.19. The Morgan fingerprint density at radius 1 is 1.23 bits per heavy atom. The summed E-state index contributed by atoms with van der Waals surface area (Å²) in [6, 6.07) is 10.2. The number of carbonyl (C=O) groups is 1. The Labute approximate surface area is 158 Å². The molecule has 0 aliphatic carbocycles. The number of benzene rings is 1. The Morgan fingerprint density at radius 3 is 2.62 bits per heavy atom. The van der Waals surface area contributed by atoms with Crippen LogP contribution >= 0.6 is 11.3 Å². The highest BCUT2D eigenvalue weighted by Crippen LogP contribution is 2.25. The van der Waals surface area contributed by atoms with Crippen LogP contribution in [0.2, 0.25) is 0 Å². The molecule has 0 bridgehead atoms. The number of carbonyl (C=O) groups excluding carboxylic acids is 1. The van der Waals surface area contributed by atoms with Gasteiger partial charge in [-0.1, -0.05) is 44.2 Å². The predicted molar refractivity (Wildman–Crippen MR) is 105 cm³/mol. The van der Waals surface area contributed by atoms with E-state index in [1.165, 1.54) is 16.9 Å². The summed E-state index contributed by atoms with van der Waals surface area (Å²) in [6.45, 7) is 7.35. The van der Waals surface area contributed by atoms with Crippen LogP contribution in [-0.2, 0) is 13.1 Å². The number of amides is 1. The topological polar surface area (TPSA) is 51.0 Å². The molecule has 1 aromatic carbocycles. The van der Waals surface area contributed by atoms with E-state index in [2.05, 4.69) is 36.1 Å². The second-order valence-corrected chi connectivity index (χ2v) is 7.84. The molecule has 1 amide bonds. The van der Waals surface area contributed by atoms with Crippen molar-refractivity contribution < 1.29 is 4.79 Å². The fraction of sp³-hybridized carbons (Fsp3) is 0.350. The minimum atomic E-state index is 0.0164. The van der Waals surface area contributed by atoms with Gasteiger partial charge < -0.3 is 4.90 Å². The molecule has 136 valence electrons. The highest BCUT2D eigenvalue weighted by Gasteiger charge is 2.20. The summed E-state index contributed by atoms with van der Waals surface area (Å²) in [5.74, 6) is 0.351. The quantitative estimate of drug-likeness (QED) is 0.658. The molecule has 0 radical (unpaired) electrons. The highest BCUT2D eigenvalue weighted by atomic mass is 32.1. The predicted octanol–water partition coefficient (Wildman–Crippen LogP) is 4.09. The van der Waals surface area contributed by atoms with E-state index in [0.29, 0.717) is 12.5 Å². The summed E-state index contributed by atoms with van der Waals surface area (Å²) >= 11 is 1.50. The van der Waals surface area contributed by atoms with Crippen molar-refractivity contribution in [1.82, 2.24) is 19.7 Å². The maximum atomic E-state index is 12.8. The standard InChI is InChI=1S/C20H24N4OS/c1-14(2)19-22-15(3)18(26-19)20(25)23(4)11-17-10-21-24(13-17)12-16-8-6-5-7-9-16/h5-10,13-14H,11-12H2,1-4H3. The molecule has 0 saturated heterocycles. The third-order valence-corrected chi connectivity index (χ3v) is 5.59. The molecule has 0 unspecified atom stereocenters. The molecule has 0 atom stereocenters. The Morgan fingerprint density at radius 2 is 1.96 bits per heavy atom. The van der Waals surface area contributed by atoms with Crippen LogP contribution in [0.4, 0.5) is 0 Å². The molecule has 3 rings (SSSR count). The molecule has 0 aliphatic rings. The van der Waals surface area contributed by atoms with Crippen LogP contribution in [0.5, 0.6) is 0 Å². The maximum absolute atomic E-state index is 12.8. The summed E-state index contributed by atoms with van der Waals surface area (Å²) in [7, 11) is 1.82. The second-order valence-electron chi connectivity index (χ2n) is 6.81. The minimum Gasteiger partial charge on any atom is -0.337 e. The molecular formula is C20H24N4OS. The molecule has 5 nitrogen and oxygen atoms in total. The van der Waals surface area contributed by atoms with Crippen LogP contribution in [0.25, 0.3) is 0 Å². The van der Waals surface area contributed by atoms with Crippen LogP contribution in [0.3, 0.4) is 0 Å². The first kappa shape index (κ1) is 18.3. The summed E-state index contributed by atoms with van der Waals surface area (Å²) in [5, 5.41) is 5.42. The van der Waals surface area contributed by atoms with Gasteiger partial charge in [-0.3, -0.25) is 9.48 Å². The fourth-order valence-corrected chi connectivity index (χ4v) is 3.79. The maximum Gasteiger partial charge on any atom is 0.265 e. The summed E-state index contributed by atoms with van der Waals surface area (Å²) in [4.78, 5) is 19.8. The van der Waals surface area contributed by atoms with Gasteiger partial charge in [-0.05, 0) is 12.5 Å². The van der Waals surface area contributed by atoms with Crippen molar-refractivity contribution in [2.75, 3.05) is 7.05 Å². The van der Waals surface area contributed by atoms with Crippen LogP contribution in [-0.4, -0.2) is 32.6 Å². The largest absolute Gasteiger partial charge is 0.337 e. The monoisotopic (exact) mass is 368 g/mol. The third-order valence-electron chi connectivity index (χ3n) is 4.14. The number of hydrogen-bond donors (Lipinski definition) is 0. The van der Waals surface area contributed by atoms with Crippen LogP contribution in [0.15, 0.2) is 42.7 Å². The smallest absolute Gasteiger partial charge is 0.265 e. The van der Waals surface area contributed by atoms with E-state index in [0.717, 1.165) is 27.7 Å². The van der Waals surface area contributed by atoms with Gasteiger partial charge in [-0.15, -0.1) is 11.3 Å². The Kier molecular flexibility index (Phi) is 5.52. The van der Waals surface area contributed by atoms with Gasteiger partial charge in [0.1, 0.15) is 4.88 Å². The zero-order valence-corrected chi connectivity index (χ0v) is 16.5. The first-order valence-electron chi connectivity index (χ1n) is 8.72. The van der Waals surface area contributed by atoms with E-state index in [-0.39, 0.29) is 5.91 Å². The lowest BCUT2D eigenvalue weighted by atomic mass is 10.2. The fourth-order valence-electron chi connectivity index (χ4n) is 2.73. The summed E-state index contributed by atoms with van der Waals surface area (Å²) < 4.78 is 1.90. The van der Waals surface area contributed by atoms with Crippen molar-refractivity contribution >= 4 is 17.2 Å². The second kappa shape index (κ2) is 7.83. The molecule has 0 aliphatic heterocycles. The number of aromatic nitrogens is 3. The van der Waals surface area contributed by atoms with Crippen LogP contribution in [0.1, 0.15) is 51.3 Å². The molecule has 6 heteroatoms. The summed E-state index contributed by atoms with van der Waals surface area (Å²) in [5.41, 5.74) is 3.03. The first-order chi connectivity index (χ1) is 12.4. The molecular weight excluding hydrogens is 344 g/mol. The molecule has 0 N–H and O–H groups in total. The molecule has 3 aromatic rings. The van der Waals surface area contributed by atoms with Crippen LogP contribution in [0, 0.1) is 6.92 Å². The van der Waals surface area contributed by atoms with Gasteiger partial charge in [0.15, 0.2) is 0 Å². The average molecular weight is 369 g/mol. The Hall–Kier alpha value is -2.47. The van der Waals surface area contributed by atoms with Gasteiger partial charge in [0, 0.05) is 31.3 Å². The van der Waals surface area contributed by atoms with Gasteiger partial charge in [0.05, 0.1) is 23.4 Å². The molecule has 0 saturated carbocycles. The van der Waals surface area contributed by atoms with Crippen molar-refractivity contribution in [3.05, 3.63) is 69.4 Å². The average Bonchev–Trinajstić information content (AvgIpc) is 3.21. The van der Waals surface area contributed by atoms with E-state index in [1.807, 2.05) is 49.2 Å². The number of aryl methyl sites for hydroxylation is 1. The zero-order valence-electron chi connectivity index (χ0n) is 15.6. The van der Waals surface area contributed by atoms with Crippen molar-refractivity contribution in [1.29, 1.82) is 0 Å². The van der Waals surface area contributed by atoms with Crippen molar-refractivity contribution in [3.63, 3.8) is 0 Å². The van der Waals surface area contributed by atoms with E-state index in [1.54, 1.807) is 4.90 Å². The lowest BCUT2D eigenvalue weighted by molar-refractivity contribution is 0.0789. The van der Waals surface area contributed by atoms with E-state index < -0.39 is 0 Å². The lowest BCUT2D eigenvalue weighted by Gasteiger charge is -2.15. The van der Waals surface area contributed by atoms with Crippen molar-refractivity contribution in [2.24, 2.45) is 0 Å². The highest BCUT2D eigenvalue weighted by molar-refractivity contribution is 7.13. The number of rotatable bonds is 6. The normalized spacial score (nSPS) is 11.1. The van der Waals surface area contributed by atoms with E-state index >= 15 is 0 Å². The van der Waals surface area contributed by atoms with Crippen molar-refractivity contribution in [3.8, 4) is 0 Å². The number of thiazole rings is 1. The Balaban J connectivity index is 1.66. The molecule has 0 spiro atoms. The minimum absolute atomic E-state index is 0.0164. The number of hydrogen-bond acceptors (Lipinski definition) is 4. The van der Waals surface area contributed by atoms with Gasteiger partial charge in [0.25, 0.3) is 5.91 Å².